The number of esters is 1. The van der Waals surface area contributed by atoms with Crippen molar-refractivity contribution in [2.75, 3.05) is 7.11 Å². The zero-order valence-electron chi connectivity index (χ0n) is 14.0. The van der Waals surface area contributed by atoms with Crippen LogP contribution < -0.4 is 0 Å². The highest BCUT2D eigenvalue weighted by Crippen LogP contribution is 2.37. The van der Waals surface area contributed by atoms with Gasteiger partial charge in [-0.25, -0.2) is 13.6 Å². The number of ether oxygens (including phenoxy) is 1. The van der Waals surface area contributed by atoms with Crippen molar-refractivity contribution in [3.63, 3.8) is 0 Å². The minimum Gasteiger partial charge on any atom is -0.465 e. The van der Waals surface area contributed by atoms with Gasteiger partial charge in [-0.1, -0.05) is 26.8 Å². The molecular formula is C16H24F2O3Si. The molecule has 0 fully saturated rings. The average molecular weight is 330 g/mol. The van der Waals surface area contributed by atoms with Crippen molar-refractivity contribution in [2.24, 2.45) is 0 Å². The molecule has 0 aliphatic carbocycles. The van der Waals surface area contributed by atoms with Gasteiger partial charge in [0.25, 0.3) is 6.43 Å². The maximum Gasteiger partial charge on any atom is 0.337 e. The van der Waals surface area contributed by atoms with E-state index in [2.05, 4.69) is 38.6 Å². The van der Waals surface area contributed by atoms with Crippen LogP contribution in [0.1, 0.15) is 48.7 Å². The van der Waals surface area contributed by atoms with Gasteiger partial charge in [0.1, 0.15) is 0 Å². The first-order chi connectivity index (χ1) is 9.99. The number of hydrogen-bond donors (Lipinski definition) is 0. The molecule has 0 bridgehead atoms. The second-order valence-electron chi connectivity index (χ2n) is 6.75. The highest BCUT2D eigenvalue weighted by molar-refractivity contribution is 6.74. The van der Waals surface area contributed by atoms with E-state index >= 15 is 0 Å². The maximum absolute atomic E-state index is 13.2. The smallest absolute Gasteiger partial charge is 0.337 e. The van der Waals surface area contributed by atoms with E-state index in [1.807, 2.05) is 0 Å². The summed E-state index contributed by atoms with van der Waals surface area (Å²) >= 11 is 0. The molecule has 0 N–H and O–H groups in total. The second kappa shape index (κ2) is 6.87. The van der Waals surface area contributed by atoms with Gasteiger partial charge in [0.15, 0.2) is 8.32 Å². The van der Waals surface area contributed by atoms with Crippen molar-refractivity contribution in [2.45, 2.75) is 51.9 Å². The van der Waals surface area contributed by atoms with Gasteiger partial charge in [-0.2, -0.15) is 0 Å². The average Bonchev–Trinajstić information content (AvgIpc) is 2.42. The van der Waals surface area contributed by atoms with Crippen LogP contribution in [0.4, 0.5) is 8.78 Å². The van der Waals surface area contributed by atoms with Gasteiger partial charge in [0.05, 0.1) is 19.3 Å². The Bertz CT molecular complexity index is 537. The molecule has 0 aliphatic heterocycles. The Kier molecular flexibility index (Phi) is 5.87. The molecule has 0 radical (unpaired) electrons. The minimum absolute atomic E-state index is 0.00392. The summed E-state index contributed by atoms with van der Waals surface area (Å²) in [6.07, 6.45) is -2.66. The Morgan fingerprint density at radius 3 is 2.32 bits per heavy atom. The molecule has 1 aromatic carbocycles. The first-order valence-corrected chi connectivity index (χ1v) is 10.0. The van der Waals surface area contributed by atoms with Crippen LogP contribution in [-0.4, -0.2) is 21.4 Å². The first-order valence-electron chi connectivity index (χ1n) is 7.13. The summed E-state index contributed by atoms with van der Waals surface area (Å²) in [7, 11) is -0.803. The molecule has 0 spiro atoms. The molecular weight excluding hydrogens is 306 g/mol. The van der Waals surface area contributed by atoms with Crippen molar-refractivity contribution in [3.05, 3.63) is 34.9 Å². The molecule has 0 saturated carbocycles. The van der Waals surface area contributed by atoms with Crippen LogP contribution in [0, 0.1) is 0 Å². The Hall–Kier alpha value is -1.27. The van der Waals surface area contributed by atoms with Crippen LogP contribution >= 0.6 is 0 Å². The van der Waals surface area contributed by atoms with Gasteiger partial charge < -0.3 is 9.16 Å². The van der Waals surface area contributed by atoms with E-state index in [-0.39, 0.29) is 22.8 Å². The van der Waals surface area contributed by atoms with Crippen molar-refractivity contribution in [3.8, 4) is 0 Å². The maximum atomic E-state index is 13.2. The van der Waals surface area contributed by atoms with E-state index in [9.17, 15) is 13.6 Å². The number of alkyl halides is 2. The number of halogens is 2. The predicted octanol–water partition coefficient (Wildman–Crippen LogP) is 4.93. The summed E-state index contributed by atoms with van der Waals surface area (Å²) in [4.78, 5) is 11.5. The van der Waals surface area contributed by atoms with Crippen LogP contribution in [0.15, 0.2) is 18.2 Å². The molecule has 0 unspecified atom stereocenters. The lowest BCUT2D eigenvalue weighted by atomic mass is 10.0. The number of carbonyl (C=O) groups excluding carboxylic acids is 1. The van der Waals surface area contributed by atoms with Gasteiger partial charge >= 0.3 is 5.97 Å². The third-order valence-electron chi connectivity index (χ3n) is 4.20. The van der Waals surface area contributed by atoms with Crippen molar-refractivity contribution < 1.29 is 22.7 Å². The molecule has 22 heavy (non-hydrogen) atoms. The Labute approximate surface area is 131 Å². The molecule has 0 atom stereocenters. The fourth-order valence-electron chi connectivity index (χ4n) is 1.65. The third kappa shape index (κ3) is 4.36. The van der Waals surface area contributed by atoms with Crippen LogP contribution in [-0.2, 0) is 15.8 Å². The van der Waals surface area contributed by atoms with Crippen LogP contribution in [0.3, 0.4) is 0 Å². The fraction of sp³-hybridized carbons (Fsp3) is 0.562. The quantitative estimate of drug-likeness (QED) is 0.567. The number of rotatable bonds is 5. The molecule has 1 aromatic rings. The molecule has 0 amide bonds. The molecule has 124 valence electrons. The summed E-state index contributed by atoms with van der Waals surface area (Å²) < 4.78 is 37.0. The van der Waals surface area contributed by atoms with Crippen molar-refractivity contribution in [1.29, 1.82) is 0 Å². The molecule has 3 nitrogen and oxygen atoms in total. The monoisotopic (exact) mass is 330 g/mol. The number of hydrogen-bond acceptors (Lipinski definition) is 3. The molecule has 6 heteroatoms. The highest BCUT2D eigenvalue weighted by Gasteiger charge is 2.37. The lowest BCUT2D eigenvalue weighted by Gasteiger charge is -2.36. The lowest BCUT2D eigenvalue weighted by Crippen LogP contribution is -2.40. The molecule has 0 aromatic heterocycles. The third-order valence-corrected chi connectivity index (χ3v) is 8.68. The van der Waals surface area contributed by atoms with Gasteiger partial charge in [-0.3, -0.25) is 0 Å². The largest absolute Gasteiger partial charge is 0.465 e. The molecule has 1 rings (SSSR count). The fourth-order valence-corrected chi connectivity index (χ4v) is 2.60. The van der Waals surface area contributed by atoms with Gasteiger partial charge in [-0.15, -0.1) is 0 Å². The normalized spacial score (nSPS) is 12.6. The topological polar surface area (TPSA) is 35.5 Å². The number of carbonyl (C=O) groups is 1. The minimum atomic E-state index is -2.66. The lowest BCUT2D eigenvalue weighted by molar-refractivity contribution is 0.0600. The zero-order valence-corrected chi connectivity index (χ0v) is 15.0. The van der Waals surface area contributed by atoms with E-state index in [4.69, 9.17) is 4.43 Å². The summed E-state index contributed by atoms with van der Waals surface area (Å²) in [6, 6.07) is 4.18. The van der Waals surface area contributed by atoms with E-state index in [0.717, 1.165) is 0 Å². The molecule has 0 aliphatic rings. The zero-order chi connectivity index (χ0) is 17.1. The summed E-state index contributed by atoms with van der Waals surface area (Å²) in [6.45, 7) is 10.5. The van der Waals surface area contributed by atoms with E-state index in [1.54, 1.807) is 0 Å². The summed E-state index contributed by atoms with van der Waals surface area (Å²) in [5.74, 6) is -0.626. The highest BCUT2D eigenvalue weighted by atomic mass is 28.4. The van der Waals surface area contributed by atoms with Crippen molar-refractivity contribution >= 4 is 14.3 Å². The van der Waals surface area contributed by atoms with E-state index in [1.165, 1.54) is 25.3 Å². The number of methoxy groups -OCH3 is 1. The van der Waals surface area contributed by atoms with E-state index in [0.29, 0.717) is 5.56 Å². The summed E-state index contributed by atoms with van der Waals surface area (Å²) in [5, 5.41) is 0.00392. The van der Waals surface area contributed by atoms with Crippen LogP contribution in [0.5, 0.6) is 0 Å². The van der Waals surface area contributed by atoms with Gasteiger partial charge in [0.2, 0.25) is 0 Å². The Morgan fingerprint density at radius 1 is 1.27 bits per heavy atom. The summed E-state index contributed by atoms with van der Waals surface area (Å²) in [5.41, 5.74) is 0.350. The van der Waals surface area contributed by atoms with Crippen LogP contribution in [0.25, 0.3) is 0 Å². The van der Waals surface area contributed by atoms with Crippen LogP contribution in [0.2, 0.25) is 18.1 Å². The van der Waals surface area contributed by atoms with E-state index < -0.39 is 20.7 Å². The standard InChI is InChI=1S/C16H24F2O3Si/c1-16(2,3)22(5,6)21-10-12-8-7-11(15(19)20-4)9-13(12)14(17)18/h7-9,14H,10H2,1-6H3. The second-order valence-corrected chi connectivity index (χ2v) is 11.6. The first kappa shape index (κ1) is 18.8. The molecule has 0 heterocycles. The predicted molar refractivity (Wildman–Crippen MR) is 84.7 cm³/mol. The Balaban J connectivity index is 3.03. The van der Waals surface area contributed by atoms with Gasteiger partial charge in [-0.05, 0) is 35.8 Å². The SMILES string of the molecule is COC(=O)c1ccc(CO[Si](C)(C)C(C)(C)C)c(C(F)F)c1. The van der Waals surface area contributed by atoms with Gasteiger partial charge in [0, 0.05) is 5.56 Å². The Morgan fingerprint density at radius 2 is 1.86 bits per heavy atom. The molecule has 0 saturated heterocycles. The number of benzene rings is 1. The van der Waals surface area contributed by atoms with Crippen molar-refractivity contribution in [1.82, 2.24) is 0 Å².